The Kier molecular flexibility index (Phi) is 4.39. The van der Waals surface area contributed by atoms with E-state index in [2.05, 4.69) is 36.7 Å². The zero-order chi connectivity index (χ0) is 13.0. The van der Waals surface area contributed by atoms with E-state index in [9.17, 15) is 5.11 Å². The molecule has 2 rings (SSSR count). The third kappa shape index (κ3) is 3.34. The van der Waals surface area contributed by atoms with Crippen LogP contribution in [0.4, 0.5) is 0 Å². The summed E-state index contributed by atoms with van der Waals surface area (Å²) in [4.78, 5) is 1.39. The molecule has 18 heavy (non-hydrogen) atoms. The molecule has 1 aromatic carbocycles. The van der Waals surface area contributed by atoms with Gasteiger partial charge in [0.1, 0.15) is 5.75 Å². The summed E-state index contributed by atoms with van der Waals surface area (Å²) in [6, 6.07) is 12.3. The van der Waals surface area contributed by atoms with Gasteiger partial charge in [0, 0.05) is 22.5 Å². The zero-order valence-electron chi connectivity index (χ0n) is 10.8. The summed E-state index contributed by atoms with van der Waals surface area (Å²) in [5, 5.41) is 15.4. The Morgan fingerprint density at radius 2 is 1.94 bits per heavy atom. The summed E-state index contributed by atoms with van der Waals surface area (Å²) in [5.41, 5.74) is 0.954. The van der Waals surface area contributed by atoms with Crippen LogP contribution in [0, 0.1) is 0 Å². The van der Waals surface area contributed by atoms with Crippen LogP contribution < -0.4 is 5.32 Å². The molecule has 0 saturated heterocycles. The molecule has 2 aromatic rings. The molecule has 96 valence electrons. The van der Waals surface area contributed by atoms with Crippen molar-refractivity contribution in [1.29, 1.82) is 0 Å². The molecule has 0 aliphatic carbocycles. The monoisotopic (exact) mass is 261 g/mol. The van der Waals surface area contributed by atoms with Crippen LogP contribution in [0.3, 0.4) is 0 Å². The second-order valence-corrected chi connectivity index (χ2v) is 5.66. The molecule has 0 radical (unpaired) electrons. The molecular weight excluding hydrogens is 242 g/mol. The van der Waals surface area contributed by atoms with Gasteiger partial charge in [-0.25, -0.2) is 0 Å². The summed E-state index contributed by atoms with van der Waals surface area (Å²) in [6.07, 6.45) is 1.02. The Bertz CT molecular complexity index is 481. The van der Waals surface area contributed by atoms with Crippen LogP contribution in [0.5, 0.6) is 5.75 Å². The number of phenolic OH excluding ortho intramolecular Hbond substituents is 1. The van der Waals surface area contributed by atoms with Crippen LogP contribution in [-0.4, -0.2) is 11.1 Å². The minimum atomic E-state index is 0.154. The minimum absolute atomic E-state index is 0.154. The van der Waals surface area contributed by atoms with Crippen LogP contribution in [0.1, 0.15) is 30.3 Å². The second kappa shape index (κ2) is 6.03. The lowest BCUT2D eigenvalue weighted by atomic mass is 10.1. The molecule has 0 fully saturated rings. The highest BCUT2D eigenvalue weighted by atomic mass is 32.1. The highest BCUT2D eigenvalue weighted by Crippen LogP contribution is 2.24. The summed E-state index contributed by atoms with van der Waals surface area (Å²) in [7, 11) is 0. The van der Waals surface area contributed by atoms with Crippen LogP contribution >= 0.6 is 11.3 Å². The summed E-state index contributed by atoms with van der Waals surface area (Å²) < 4.78 is 0. The van der Waals surface area contributed by atoms with Crippen LogP contribution in [0.25, 0.3) is 0 Å². The topological polar surface area (TPSA) is 32.3 Å². The fraction of sp³-hybridized carbons (Fsp3) is 0.333. The number of thiophene rings is 1. The molecule has 0 spiro atoms. The molecule has 1 aromatic heterocycles. The van der Waals surface area contributed by atoms with Crippen molar-refractivity contribution >= 4 is 11.3 Å². The molecule has 2 nitrogen and oxygen atoms in total. The number of rotatable bonds is 5. The first-order chi connectivity index (χ1) is 8.66. The van der Waals surface area contributed by atoms with Gasteiger partial charge in [0.2, 0.25) is 0 Å². The maximum atomic E-state index is 9.81. The van der Waals surface area contributed by atoms with E-state index in [1.807, 2.05) is 18.2 Å². The van der Waals surface area contributed by atoms with Gasteiger partial charge < -0.3 is 10.4 Å². The van der Waals surface area contributed by atoms with Crippen LogP contribution in [-0.2, 0) is 6.42 Å². The van der Waals surface area contributed by atoms with E-state index in [0.29, 0.717) is 11.8 Å². The molecule has 0 bridgehead atoms. The van der Waals surface area contributed by atoms with E-state index >= 15 is 0 Å². The Balaban J connectivity index is 1.95. The van der Waals surface area contributed by atoms with Gasteiger partial charge in [0.05, 0.1) is 0 Å². The molecule has 0 amide bonds. The van der Waals surface area contributed by atoms with Gasteiger partial charge in [0.15, 0.2) is 0 Å². The van der Waals surface area contributed by atoms with Crippen molar-refractivity contribution in [2.45, 2.75) is 32.4 Å². The van der Waals surface area contributed by atoms with Gasteiger partial charge in [-0.05, 0) is 37.8 Å². The van der Waals surface area contributed by atoms with Gasteiger partial charge >= 0.3 is 0 Å². The van der Waals surface area contributed by atoms with Crippen molar-refractivity contribution in [3.8, 4) is 5.75 Å². The molecule has 0 aliphatic heterocycles. The molecule has 0 aliphatic rings. The predicted molar refractivity (Wildman–Crippen MR) is 77.1 cm³/mol. The van der Waals surface area contributed by atoms with E-state index in [1.165, 1.54) is 4.88 Å². The summed E-state index contributed by atoms with van der Waals surface area (Å²) >= 11 is 1.79. The molecular formula is C15H19NOS. The second-order valence-electron chi connectivity index (χ2n) is 4.63. The Morgan fingerprint density at radius 3 is 2.61 bits per heavy atom. The lowest BCUT2D eigenvalue weighted by Gasteiger charge is -2.20. The zero-order valence-corrected chi connectivity index (χ0v) is 11.6. The largest absolute Gasteiger partial charge is 0.508 e. The standard InChI is InChI=1S/C15H19NOS/c1-11(10-13-6-5-9-18-13)16-12(2)14-7-3-4-8-15(14)17/h3-9,11-12,16-17H,10H2,1-2H3. The molecule has 2 N–H and O–H groups in total. The fourth-order valence-electron chi connectivity index (χ4n) is 2.16. The number of hydrogen-bond acceptors (Lipinski definition) is 3. The summed E-state index contributed by atoms with van der Waals surface area (Å²) in [5.74, 6) is 0.362. The maximum absolute atomic E-state index is 9.81. The van der Waals surface area contributed by atoms with Crippen molar-refractivity contribution in [1.82, 2.24) is 5.32 Å². The fourth-order valence-corrected chi connectivity index (χ4v) is 2.99. The SMILES string of the molecule is CC(Cc1cccs1)NC(C)c1ccccc1O. The first-order valence-electron chi connectivity index (χ1n) is 6.23. The van der Waals surface area contributed by atoms with E-state index in [4.69, 9.17) is 0 Å². The first-order valence-corrected chi connectivity index (χ1v) is 7.11. The van der Waals surface area contributed by atoms with Gasteiger partial charge in [0.25, 0.3) is 0 Å². The van der Waals surface area contributed by atoms with Gasteiger partial charge in [-0.3, -0.25) is 0 Å². The molecule has 2 unspecified atom stereocenters. The van der Waals surface area contributed by atoms with Gasteiger partial charge in [-0.1, -0.05) is 24.3 Å². The number of nitrogens with one attached hydrogen (secondary N) is 1. The van der Waals surface area contributed by atoms with Crippen molar-refractivity contribution in [2.75, 3.05) is 0 Å². The minimum Gasteiger partial charge on any atom is -0.508 e. The quantitative estimate of drug-likeness (QED) is 0.859. The average molecular weight is 261 g/mol. The predicted octanol–water partition coefficient (Wildman–Crippen LogP) is 3.74. The number of phenols is 1. The summed E-state index contributed by atoms with van der Waals surface area (Å²) in [6.45, 7) is 4.26. The lowest BCUT2D eigenvalue weighted by Crippen LogP contribution is -2.30. The molecule has 3 heteroatoms. The Labute approximate surface area is 112 Å². The van der Waals surface area contributed by atoms with E-state index in [1.54, 1.807) is 17.4 Å². The van der Waals surface area contributed by atoms with E-state index in [0.717, 1.165) is 12.0 Å². The first kappa shape index (κ1) is 13.1. The molecule has 2 atom stereocenters. The maximum Gasteiger partial charge on any atom is 0.120 e. The number of para-hydroxylation sites is 1. The highest BCUT2D eigenvalue weighted by molar-refractivity contribution is 7.09. The lowest BCUT2D eigenvalue weighted by molar-refractivity contribution is 0.434. The average Bonchev–Trinajstić information content (AvgIpc) is 2.82. The van der Waals surface area contributed by atoms with E-state index < -0.39 is 0 Å². The molecule has 1 heterocycles. The number of aromatic hydroxyl groups is 1. The van der Waals surface area contributed by atoms with Gasteiger partial charge in [-0.2, -0.15) is 0 Å². The van der Waals surface area contributed by atoms with Crippen molar-refractivity contribution in [2.24, 2.45) is 0 Å². The normalized spacial score (nSPS) is 14.3. The highest BCUT2D eigenvalue weighted by Gasteiger charge is 2.12. The number of hydrogen-bond donors (Lipinski definition) is 2. The smallest absolute Gasteiger partial charge is 0.120 e. The van der Waals surface area contributed by atoms with Gasteiger partial charge in [-0.15, -0.1) is 11.3 Å². The van der Waals surface area contributed by atoms with Crippen molar-refractivity contribution in [3.63, 3.8) is 0 Å². The van der Waals surface area contributed by atoms with Crippen LogP contribution in [0.2, 0.25) is 0 Å². The number of benzene rings is 1. The third-order valence-electron chi connectivity index (χ3n) is 3.03. The Hall–Kier alpha value is -1.32. The molecule has 0 saturated carbocycles. The van der Waals surface area contributed by atoms with E-state index in [-0.39, 0.29) is 6.04 Å². The third-order valence-corrected chi connectivity index (χ3v) is 3.92. The Morgan fingerprint density at radius 1 is 1.17 bits per heavy atom. The van der Waals surface area contributed by atoms with Crippen LogP contribution in [0.15, 0.2) is 41.8 Å². The van der Waals surface area contributed by atoms with Crippen molar-refractivity contribution < 1.29 is 5.11 Å². The van der Waals surface area contributed by atoms with Crippen molar-refractivity contribution in [3.05, 3.63) is 52.2 Å².